The van der Waals surface area contributed by atoms with Gasteiger partial charge >= 0.3 is 0 Å². The van der Waals surface area contributed by atoms with Crippen LogP contribution in [0.25, 0.3) is 0 Å². The predicted molar refractivity (Wildman–Crippen MR) is 70.5 cm³/mol. The molecule has 0 aromatic carbocycles. The summed E-state index contributed by atoms with van der Waals surface area (Å²) < 4.78 is 5.34. The van der Waals surface area contributed by atoms with Crippen molar-refractivity contribution >= 4 is 11.7 Å². The van der Waals surface area contributed by atoms with E-state index in [4.69, 9.17) is 15.7 Å². The van der Waals surface area contributed by atoms with E-state index in [2.05, 4.69) is 10.1 Å². The maximum atomic E-state index is 9.38. The number of morpholine rings is 1. The molecule has 0 aliphatic carbocycles. The first-order valence-electron chi connectivity index (χ1n) is 6.07. The largest absolute Gasteiger partial charge is 0.409 e. The second kappa shape index (κ2) is 5.85. The van der Waals surface area contributed by atoms with E-state index in [0.29, 0.717) is 31.1 Å². The molecule has 1 fully saturated rings. The summed E-state index contributed by atoms with van der Waals surface area (Å²) in [6, 6.07) is 3.37. The van der Waals surface area contributed by atoms with Crippen molar-refractivity contribution in [2.24, 2.45) is 10.9 Å². The molecule has 0 bridgehead atoms. The maximum absolute atomic E-state index is 9.38. The molecule has 1 aliphatic heterocycles. The average Bonchev–Trinajstić information content (AvgIpc) is 2.45. The fourth-order valence-corrected chi connectivity index (χ4v) is 2.11. The molecule has 1 atom stereocenters. The van der Waals surface area contributed by atoms with Gasteiger partial charge in [0.15, 0.2) is 5.84 Å². The van der Waals surface area contributed by atoms with Gasteiger partial charge in [0.1, 0.15) is 5.82 Å². The van der Waals surface area contributed by atoms with E-state index < -0.39 is 0 Å². The topological polar surface area (TPSA) is 104 Å². The van der Waals surface area contributed by atoms with Crippen LogP contribution in [-0.2, 0) is 4.74 Å². The summed E-state index contributed by atoms with van der Waals surface area (Å²) in [5.74, 6) is 0.740. The summed E-state index contributed by atoms with van der Waals surface area (Å²) >= 11 is 0. The Balaban J connectivity index is 2.35. The van der Waals surface area contributed by atoms with Gasteiger partial charge in [0.05, 0.1) is 25.9 Å². The van der Waals surface area contributed by atoms with Crippen molar-refractivity contribution in [1.82, 2.24) is 4.98 Å². The van der Waals surface area contributed by atoms with Crippen LogP contribution in [0.4, 0.5) is 5.82 Å². The smallest absolute Gasteiger partial charge is 0.170 e. The molecule has 19 heavy (non-hydrogen) atoms. The Kier molecular flexibility index (Phi) is 4.18. The van der Waals surface area contributed by atoms with Crippen LogP contribution in [0.5, 0.6) is 0 Å². The number of hydrogen-bond donors (Lipinski definition) is 3. The third-order valence-corrected chi connectivity index (χ3v) is 3.08. The highest BCUT2D eigenvalue weighted by Gasteiger charge is 2.24. The normalized spacial score (nSPS) is 20.6. The SMILES string of the molecule is Cc1cc(/C(N)=N/O)cc(N2CCOCC2CO)n1. The summed E-state index contributed by atoms with van der Waals surface area (Å²) in [7, 11) is 0. The van der Waals surface area contributed by atoms with E-state index in [1.165, 1.54) is 0 Å². The van der Waals surface area contributed by atoms with Crippen LogP contribution in [0.2, 0.25) is 0 Å². The molecule has 0 saturated carbocycles. The number of oxime groups is 1. The first kappa shape index (κ1) is 13.6. The minimum atomic E-state index is -0.122. The van der Waals surface area contributed by atoms with Crippen LogP contribution in [0, 0.1) is 6.92 Å². The Bertz CT molecular complexity index is 478. The molecular formula is C12H18N4O3. The lowest BCUT2D eigenvalue weighted by atomic mass is 10.1. The number of nitrogens with zero attached hydrogens (tertiary/aromatic N) is 3. The number of anilines is 1. The Hall–Kier alpha value is -1.86. The molecule has 2 heterocycles. The van der Waals surface area contributed by atoms with Crippen molar-refractivity contribution in [1.29, 1.82) is 0 Å². The van der Waals surface area contributed by atoms with E-state index in [-0.39, 0.29) is 18.5 Å². The zero-order valence-corrected chi connectivity index (χ0v) is 10.8. The fourth-order valence-electron chi connectivity index (χ4n) is 2.11. The van der Waals surface area contributed by atoms with Gasteiger partial charge in [0.2, 0.25) is 0 Å². The first-order valence-corrected chi connectivity index (χ1v) is 6.07. The van der Waals surface area contributed by atoms with Crippen molar-refractivity contribution < 1.29 is 15.1 Å². The number of aliphatic hydroxyl groups excluding tert-OH is 1. The minimum Gasteiger partial charge on any atom is -0.409 e. The predicted octanol–water partition coefficient (Wildman–Crippen LogP) is -0.318. The third-order valence-electron chi connectivity index (χ3n) is 3.08. The van der Waals surface area contributed by atoms with Gasteiger partial charge in [-0.05, 0) is 19.1 Å². The van der Waals surface area contributed by atoms with Gasteiger partial charge in [0, 0.05) is 17.8 Å². The Morgan fingerprint density at radius 2 is 2.42 bits per heavy atom. The van der Waals surface area contributed by atoms with E-state index in [1.807, 2.05) is 11.8 Å². The number of amidine groups is 1. The van der Waals surface area contributed by atoms with Crippen LogP contribution < -0.4 is 10.6 Å². The van der Waals surface area contributed by atoms with Crippen molar-refractivity contribution in [2.75, 3.05) is 31.3 Å². The molecule has 0 amide bonds. The summed E-state index contributed by atoms with van der Waals surface area (Å²) in [4.78, 5) is 6.42. The van der Waals surface area contributed by atoms with Crippen molar-refractivity contribution in [3.8, 4) is 0 Å². The second-order valence-electron chi connectivity index (χ2n) is 4.45. The van der Waals surface area contributed by atoms with Crippen LogP contribution in [0.1, 0.15) is 11.3 Å². The number of ether oxygens (including phenoxy) is 1. The quantitative estimate of drug-likeness (QED) is 0.300. The molecule has 1 saturated heterocycles. The third kappa shape index (κ3) is 2.94. The van der Waals surface area contributed by atoms with Gasteiger partial charge in [-0.25, -0.2) is 4.98 Å². The molecule has 7 heteroatoms. The first-order chi connectivity index (χ1) is 9.15. The zero-order valence-electron chi connectivity index (χ0n) is 10.8. The van der Waals surface area contributed by atoms with Gasteiger partial charge in [-0.1, -0.05) is 5.16 Å². The van der Waals surface area contributed by atoms with Crippen molar-refractivity contribution in [2.45, 2.75) is 13.0 Å². The Morgan fingerprint density at radius 3 is 3.11 bits per heavy atom. The van der Waals surface area contributed by atoms with Crippen LogP contribution in [-0.4, -0.2) is 53.5 Å². The van der Waals surface area contributed by atoms with Crippen molar-refractivity contribution in [3.63, 3.8) is 0 Å². The lowest BCUT2D eigenvalue weighted by Crippen LogP contribution is -2.48. The molecular weight excluding hydrogens is 248 g/mol. The van der Waals surface area contributed by atoms with E-state index in [1.54, 1.807) is 12.1 Å². The van der Waals surface area contributed by atoms with E-state index >= 15 is 0 Å². The van der Waals surface area contributed by atoms with Gasteiger partial charge in [0.25, 0.3) is 0 Å². The van der Waals surface area contributed by atoms with Crippen LogP contribution in [0.3, 0.4) is 0 Å². The number of aliphatic hydroxyl groups is 1. The summed E-state index contributed by atoms with van der Waals surface area (Å²) in [5, 5.41) is 21.1. The van der Waals surface area contributed by atoms with Gasteiger partial charge in [-0.2, -0.15) is 0 Å². The number of pyridine rings is 1. The Morgan fingerprint density at radius 1 is 1.63 bits per heavy atom. The fraction of sp³-hybridized carbons (Fsp3) is 0.500. The van der Waals surface area contributed by atoms with E-state index in [0.717, 1.165) is 5.69 Å². The minimum absolute atomic E-state index is 0.00543. The molecule has 1 aromatic heterocycles. The molecule has 1 aliphatic rings. The zero-order chi connectivity index (χ0) is 13.8. The number of rotatable bonds is 3. The number of nitrogens with two attached hydrogens (primary N) is 1. The standard InChI is InChI=1S/C12H18N4O3/c1-8-4-9(12(13)15-18)5-11(14-8)16-2-3-19-7-10(16)6-17/h4-5,10,17-18H,2-3,6-7H2,1H3,(H2,13,15). The second-order valence-corrected chi connectivity index (χ2v) is 4.45. The highest BCUT2D eigenvalue weighted by atomic mass is 16.5. The maximum Gasteiger partial charge on any atom is 0.170 e. The molecule has 7 nitrogen and oxygen atoms in total. The lowest BCUT2D eigenvalue weighted by Gasteiger charge is -2.35. The molecule has 4 N–H and O–H groups in total. The summed E-state index contributed by atoms with van der Waals surface area (Å²) in [6.45, 7) is 3.54. The monoisotopic (exact) mass is 266 g/mol. The molecule has 0 radical (unpaired) electrons. The highest BCUT2D eigenvalue weighted by Crippen LogP contribution is 2.19. The van der Waals surface area contributed by atoms with E-state index in [9.17, 15) is 5.11 Å². The Labute approximate surface area is 111 Å². The lowest BCUT2D eigenvalue weighted by molar-refractivity contribution is 0.0723. The number of hydrogen-bond acceptors (Lipinski definition) is 6. The molecule has 1 unspecified atom stereocenters. The molecule has 2 rings (SSSR count). The van der Waals surface area contributed by atoms with Gasteiger partial charge in [-0.3, -0.25) is 0 Å². The van der Waals surface area contributed by atoms with Gasteiger partial charge in [-0.15, -0.1) is 0 Å². The highest BCUT2D eigenvalue weighted by molar-refractivity contribution is 5.97. The molecule has 0 spiro atoms. The summed E-state index contributed by atoms with van der Waals surface area (Å²) in [6.07, 6.45) is 0. The van der Waals surface area contributed by atoms with Crippen molar-refractivity contribution in [3.05, 3.63) is 23.4 Å². The van der Waals surface area contributed by atoms with Gasteiger partial charge < -0.3 is 25.7 Å². The van der Waals surface area contributed by atoms with Crippen LogP contribution >= 0.6 is 0 Å². The molecule has 104 valence electrons. The number of aromatic nitrogens is 1. The average molecular weight is 266 g/mol. The molecule has 1 aromatic rings. The summed E-state index contributed by atoms with van der Waals surface area (Å²) in [5.41, 5.74) is 6.98. The van der Waals surface area contributed by atoms with Crippen LogP contribution in [0.15, 0.2) is 17.3 Å². The number of aryl methyl sites for hydroxylation is 1.